The molecular formula is C16H22F2N2O3. The first-order chi connectivity index (χ1) is 11.1. The maximum atomic E-state index is 13.5. The van der Waals surface area contributed by atoms with Gasteiger partial charge in [0.2, 0.25) is 0 Å². The van der Waals surface area contributed by atoms with E-state index in [0.717, 1.165) is 32.0 Å². The lowest BCUT2D eigenvalue weighted by Crippen LogP contribution is -2.35. The molecule has 0 radical (unpaired) electrons. The lowest BCUT2D eigenvalue weighted by atomic mass is 9.89. The number of carbonyl (C=O) groups excluding carboxylic acids is 1. The van der Waals surface area contributed by atoms with Gasteiger partial charge in [0.15, 0.2) is 0 Å². The normalized spacial score (nSPS) is 19.2. The van der Waals surface area contributed by atoms with E-state index in [4.69, 9.17) is 4.74 Å². The van der Waals surface area contributed by atoms with E-state index in [-0.39, 0.29) is 19.1 Å². The Morgan fingerprint density at radius 2 is 2.13 bits per heavy atom. The molecule has 1 aromatic carbocycles. The molecule has 0 unspecified atom stereocenters. The van der Waals surface area contributed by atoms with E-state index in [1.54, 1.807) is 0 Å². The number of piperidine rings is 1. The van der Waals surface area contributed by atoms with Gasteiger partial charge in [0.05, 0.1) is 19.8 Å². The van der Waals surface area contributed by atoms with Crippen molar-refractivity contribution in [1.82, 2.24) is 10.6 Å². The van der Waals surface area contributed by atoms with Crippen molar-refractivity contribution in [3.05, 3.63) is 35.4 Å². The molecule has 2 atom stereocenters. The quantitative estimate of drug-likeness (QED) is 0.787. The second-order valence-corrected chi connectivity index (χ2v) is 5.52. The first-order valence-electron chi connectivity index (χ1n) is 7.70. The Labute approximate surface area is 134 Å². The fraction of sp³-hybridized carbons (Fsp3) is 0.562. The monoisotopic (exact) mass is 328 g/mol. The SMILES string of the molecule is COC(=O)NCCO[C@@H](c1cc(F)cc(F)c1)[C@@H]1CCCNC1. The van der Waals surface area contributed by atoms with E-state index in [2.05, 4.69) is 15.4 Å². The fourth-order valence-corrected chi connectivity index (χ4v) is 2.79. The Kier molecular flexibility index (Phi) is 6.73. The van der Waals surface area contributed by atoms with Crippen LogP contribution in [0.25, 0.3) is 0 Å². The number of methoxy groups -OCH3 is 1. The van der Waals surface area contributed by atoms with Gasteiger partial charge in [-0.15, -0.1) is 0 Å². The van der Waals surface area contributed by atoms with Crippen molar-refractivity contribution in [3.63, 3.8) is 0 Å². The van der Waals surface area contributed by atoms with E-state index >= 15 is 0 Å². The van der Waals surface area contributed by atoms with Crippen molar-refractivity contribution < 1.29 is 23.0 Å². The van der Waals surface area contributed by atoms with Gasteiger partial charge in [-0.1, -0.05) is 0 Å². The van der Waals surface area contributed by atoms with Crippen LogP contribution in [0.4, 0.5) is 13.6 Å². The lowest BCUT2D eigenvalue weighted by Gasteiger charge is -2.31. The fourth-order valence-electron chi connectivity index (χ4n) is 2.79. The Hall–Kier alpha value is -1.73. The summed E-state index contributed by atoms with van der Waals surface area (Å²) in [6, 6.07) is 3.45. The molecule has 1 aliphatic heterocycles. The number of halogens is 2. The Morgan fingerprint density at radius 1 is 1.39 bits per heavy atom. The molecule has 1 aromatic rings. The number of alkyl carbamates (subject to hydrolysis) is 1. The maximum absolute atomic E-state index is 13.5. The van der Waals surface area contributed by atoms with Gasteiger partial charge in [-0.2, -0.15) is 0 Å². The highest BCUT2D eigenvalue weighted by Gasteiger charge is 2.26. The number of hydrogen-bond donors (Lipinski definition) is 2. The zero-order valence-corrected chi connectivity index (χ0v) is 13.1. The summed E-state index contributed by atoms with van der Waals surface area (Å²) >= 11 is 0. The molecule has 2 N–H and O–H groups in total. The van der Waals surface area contributed by atoms with Gasteiger partial charge in [0.1, 0.15) is 11.6 Å². The molecule has 1 amide bonds. The third-order valence-electron chi connectivity index (χ3n) is 3.83. The van der Waals surface area contributed by atoms with Crippen molar-refractivity contribution in [2.45, 2.75) is 18.9 Å². The van der Waals surface area contributed by atoms with Crippen molar-refractivity contribution in [1.29, 1.82) is 0 Å². The van der Waals surface area contributed by atoms with Crippen LogP contribution in [0.3, 0.4) is 0 Å². The molecule has 0 aliphatic carbocycles. The molecule has 7 heteroatoms. The van der Waals surface area contributed by atoms with Gasteiger partial charge in [0, 0.05) is 25.1 Å². The number of nitrogens with one attached hydrogen (secondary N) is 2. The number of hydrogen-bond acceptors (Lipinski definition) is 4. The van der Waals surface area contributed by atoms with Crippen molar-refractivity contribution in [2.75, 3.05) is 33.4 Å². The molecule has 0 saturated carbocycles. The van der Waals surface area contributed by atoms with Crippen LogP contribution in [0.2, 0.25) is 0 Å². The van der Waals surface area contributed by atoms with E-state index in [9.17, 15) is 13.6 Å². The molecule has 2 rings (SSSR count). The number of amides is 1. The molecule has 0 bridgehead atoms. The van der Waals surface area contributed by atoms with Crippen molar-refractivity contribution in [3.8, 4) is 0 Å². The Morgan fingerprint density at radius 3 is 2.74 bits per heavy atom. The molecule has 5 nitrogen and oxygen atoms in total. The van der Waals surface area contributed by atoms with Crippen LogP contribution in [0, 0.1) is 17.6 Å². The van der Waals surface area contributed by atoms with E-state index in [1.165, 1.54) is 19.2 Å². The molecule has 1 heterocycles. The van der Waals surface area contributed by atoms with E-state index in [0.29, 0.717) is 5.56 Å². The summed E-state index contributed by atoms with van der Waals surface area (Å²) in [6.07, 6.45) is 0.942. The third kappa shape index (κ3) is 5.44. The smallest absolute Gasteiger partial charge is 0.406 e. The van der Waals surface area contributed by atoms with Crippen LogP contribution in [-0.4, -0.2) is 39.4 Å². The summed E-state index contributed by atoms with van der Waals surface area (Å²) in [5, 5.41) is 5.79. The summed E-state index contributed by atoms with van der Waals surface area (Å²) in [5.74, 6) is -1.11. The van der Waals surface area contributed by atoms with E-state index in [1.807, 2.05) is 0 Å². The summed E-state index contributed by atoms with van der Waals surface area (Å²) in [6.45, 7) is 2.16. The molecule has 0 spiro atoms. The van der Waals surface area contributed by atoms with Crippen molar-refractivity contribution in [2.24, 2.45) is 5.92 Å². The lowest BCUT2D eigenvalue weighted by molar-refractivity contribution is 0.00439. The number of ether oxygens (including phenoxy) is 2. The minimum absolute atomic E-state index is 0.128. The van der Waals surface area contributed by atoms with Gasteiger partial charge < -0.3 is 20.1 Å². The molecule has 1 aliphatic rings. The second-order valence-electron chi connectivity index (χ2n) is 5.52. The van der Waals surface area contributed by atoms with Gasteiger partial charge in [-0.25, -0.2) is 13.6 Å². The summed E-state index contributed by atoms with van der Waals surface area (Å²) in [7, 11) is 1.28. The number of benzene rings is 1. The summed E-state index contributed by atoms with van der Waals surface area (Å²) in [5.41, 5.74) is 0.481. The van der Waals surface area contributed by atoms with E-state index < -0.39 is 23.8 Å². The van der Waals surface area contributed by atoms with Gasteiger partial charge in [-0.05, 0) is 37.1 Å². The van der Waals surface area contributed by atoms with Crippen LogP contribution >= 0.6 is 0 Å². The zero-order chi connectivity index (χ0) is 16.7. The molecular weight excluding hydrogens is 306 g/mol. The zero-order valence-electron chi connectivity index (χ0n) is 13.1. The van der Waals surface area contributed by atoms with Crippen LogP contribution in [-0.2, 0) is 9.47 Å². The summed E-state index contributed by atoms with van der Waals surface area (Å²) < 4.78 is 37.3. The van der Waals surface area contributed by atoms with Crippen LogP contribution < -0.4 is 10.6 Å². The standard InChI is InChI=1S/C16H22F2N2O3/c1-22-16(21)20-5-6-23-15(11-3-2-4-19-10-11)12-7-13(17)9-14(18)8-12/h7-9,11,15,19H,2-6,10H2,1H3,(H,20,21)/t11-,15-/m1/s1. The second kappa shape index (κ2) is 8.79. The minimum atomic E-state index is -0.620. The van der Waals surface area contributed by atoms with Crippen LogP contribution in [0.1, 0.15) is 24.5 Å². The number of carbonyl (C=O) groups is 1. The average Bonchev–Trinajstić information content (AvgIpc) is 2.54. The highest BCUT2D eigenvalue weighted by Crippen LogP contribution is 2.31. The largest absolute Gasteiger partial charge is 0.453 e. The minimum Gasteiger partial charge on any atom is -0.453 e. The summed E-state index contributed by atoms with van der Waals surface area (Å²) in [4.78, 5) is 11.0. The maximum Gasteiger partial charge on any atom is 0.406 e. The molecule has 1 saturated heterocycles. The highest BCUT2D eigenvalue weighted by molar-refractivity contribution is 5.66. The molecule has 0 aromatic heterocycles. The number of rotatable bonds is 6. The predicted octanol–water partition coefficient (Wildman–Crippen LogP) is 2.38. The molecule has 23 heavy (non-hydrogen) atoms. The van der Waals surface area contributed by atoms with Crippen LogP contribution in [0.5, 0.6) is 0 Å². The predicted molar refractivity (Wildman–Crippen MR) is 81.1 cm³/mol. The Bertz CT molecular complexity index is 502. The third-order valence-corrected chi connectivity index (χ3v) is 3.83. The molecule has 1 fully saturated rings. The van der Waals surface area contributed by atoms with Crippen molar-refractivity contribution >= 4 is 6.09 Å². The first kappa shape index (κ1) is 17.6. The van der Waals surface area contributed by atoms with Gasteiger partial charge >= 0.3 is 6.09 Å². The van der Waals surface area contributed by atoms with Crippen LogP contribution in [0.15, 0.2) is 18.2 Å². The highest BCUT2D eigenvalue weighted by atomic mass is 19.1. The Balaban J connectivity index is 2.03. The first-order valence-corrected chi connectivity index (χ1v) is 7.70. The topological polar surface area (TPSA) is 59.6 Å². The van der Waals surface area contributed by atoms with Gasteiger partial charge in [0.25, 0.3) is 0 Å². The van der Waals surface area contributed by atoms with Gasteiger partial charge in [-0.3, -0.25) is 0 Å². The average molecular weight is 328 g/mol. The molecule has 128 valence electrons.